The van der Waals surface area contributed by atoms with Crippen LogP contribution in [-0.2, 0) is 30.4 Å². The molecule has 0 aliphatic carbocycles. The Balaban J connectivity index is 3.13. The molecule has 0 aliphatic heterocycles. The summed E-state index contributed by atoms with van der Waals surface area (Å²) in [4.78, 5) is 61.6. The molecule has 1 aromatic rings. The van der Waals surface area contributed by atoms with Crippen molar-refractivity contribution >= 4 is 41.4 Å². The van der Waals surface area contributed by atoms with E-state index in [0.717, 1.165) is 0 Å². The van der Waals surface area contributed by atoms with E-state index in [9.17, 15) is 34.2 Å². The molecule has 200 valence electrons. The first-order valence-corrected chi connectivity index (χ1v) is 12.7. The number of amides is 4. The maximum Gasteiger partial charge on any atom is 0.326 e. The van der Waals surface area contributed by atoms with Crippen molar-refractivity contribution in [2.45, 2.75) is 57.3 Å². The molecule has 13 heteroatoms. The number of aromatic hydroxyl groups is 1. The molecule has 1 aromatic carbocycles. The van der Waals surface area contributed by atoms with E-state index in [1.165, 1.54) is 23.9 Å². The van der Waals surface area contributed by atoms with Gasteiger partial charge in [0.2, 0.25) is 23.6 Å². The van der Waals surface area contributed by atoms with Crippen LogP contribution in [0, 0.1) is 5.92 Å². The minimum Gasteiger partial charge on any atom is -0.508 e. The van der Waals surface area contributed by atoms with Gasteiger partial charge >= 0.3 is 5.97 Å². The fourth-order valence-corrected chi connectivity index (χ4v) is 3.57. The van der Waals surface area contributed by atoms with Crippen LogP contribution in [0.3, 0.4) is 0 Å². The number of carboxylic acid groups (broad SMARTS) is 1. The molecule has 0 heterocycles. The van der Waals surface area contributed by atoms with E-state index >= 15 is 0 Å². The Bertz CT molecular complexity index is 926. The summed E-state index contributed by atoms with van der Waals surface area (Å²) in [6.45, 7) is 3.48. The average Bonchev–Trinajstić information content (AvgIpc) is 2.80. The van der Waals surface area contributed by atoms with Crippen LogP contribution in [0.15, 0.2) is 24.3 Å². The van der Waals surface area contributed by atoms with Gasteiger partial charge in [-0.3, -0.25) is 19.2 Å². The van der Waals surface area contributed by atoms with Crippen LogP contribution in [0.25, 0.3) is 0 Å². The quantitative estimate of drug-likeness (QED) is 0.151. The van der Waals surface area contributed by atoms with Crippen LogP contribution in [0.2, 0.25) is 0 Å². The second kappa shape index (κ2) is 14.9. The summed E-state index contributed by atoms with van der Waals surface area (Å²) >= 11 is 1.40. The van der Waals surface area contributed by atoms with E-state index in [0.29, 0.717) is 11.3 Å². The Labute approximate surface area is 213 Å². The SMILES string of the molecule is CSCCC(NC(=O)C(CC(N)=O)NC(=O)C(Cc1ccc(O)cc1)NC(=O)C(N)C(C)C)C(=O)O. The van der Waals surface area contributed by atoms with Crippen LogP contribution >= 0.6 is 11.8 Å². The Morgan fingerprint density at radius 2 is 1.44 bits per heavy atom. The second-order valence-electron chi connectivity index (χ2n) is 8.61. The zero-order valence-electron chi connectivity index (χ0n) is 20.5. The third-order valence-electron chi connectivity index (χ3n) is 5.29. The Morgan fingerprint density at radius 1 is 0.917 bits per heavy atom. The normalized spacial score (nSPS) is 14.2. The topological polar surface area (TPSA) is 214 Å². The van der Waals surface area contributed by atoms with Crippen molar-refractivity contribution in [3.8, 4) is 5.75 Å². The number of hydrogen-bond acceptors (Lipinski definition) is 8. The molecule has 9 N–H and O–H groups in total. The maximum atomic E-state index is 13.2. The number of hydrogen-bond donors (Lipinski definition) is 7. The van der Waals surface area contributed by atoms with E-state index < -0.39 is 60.2 Å². The van der Waals surface area contributed by atoms with E-state index in [2.05, 4.69) is 16.0 Å². The average molecular weight is 526 g/mol. The maximum absolute atomic E-state index is 13.2. The van der Waals surface area contributed by atoms with Gasteiger partial charge in [0, 0.05) is 6.42 Å². The lowest BCUT2D eigenvalue weighted by Gasteiger charge is -2.25. The number of phenolic OH excluding ortho intramolecular Hbond substituents is 1. The number of carboxylic acids is 1. The third kappa shape index (κ3) is 10.5. The Morgan fingerprint density at radius 3 is 1.94 bits per heavy atom. The van der Waals surface area contributed by atoms with Crippen molar-refractivity contribution in [1.29, 1.82) is 0 Å². The molecular weight excluding hydrogens is 490 g/mol. The van der Waals surface area contributed by atoms with E-state index in [1.807, 2.05) is 0 Å². The summed E-state index contributed by atoms with van der Waals surface area (Å²) in [5.74, 6) is -4.20. The van der Waals surface area contributed by atoms with Crippen LogP contribution in [0.1, 0.15) is 32.3 Å². The molecule has 0 aliphatic rings. The minimum atomic E-state index is -1.47. The molecule has 4 amide bonds. The largest absolute Gasteiger partial charge is 0.508 e. The number of carbonyl (C=O) groups is 5. The van der Waals surface area contributed by atoms with Gasteiger partial charge < -0.3 is 37.6 Å². The van der Waals surface area contributed by atoms with E-state index in [1.54, 1.807) is 32.2 Å². The number of rotatable bonds is 15. The first kappa shape index (κ1) is 30.7. The van der Waals surface area contributed by atoms with Crippen molar-refractivity contribution in [2.24, 2.45) is 17.4 Å². The van der Waals surface area contributed by atoms with Gasteiger partial charge in [-0.15, -0.1) is 0 Å². The van der Waals surface area contributed by atoms with Gasteiger partial charge in [0.15, 0.2) is 0 Å². The molecule has 4 unspecified atom stereocenters. The summed E-state index contributed by atoms with van der Waals surface area (Å²) in [5.41, 5.74) is 11.7. The fourth-order valence-electron chi connectivity index (χ4n) is 3.10. The zero-order chi connectivity index (χ0) is 27.4. The molecule has 4 atom stereocenters. The monoisotopic (exact) mass is 525 g/mol. The summed E-state index contributed by atoms with van der Waals surface area (Å²) in [6, 6.07) is 1.14. The highest BCUT2D eigenvalue weighted by atomic mass is 32.2. The van der Waals surface area contributed by atoms with Crippen LogP contribution < -0.4 is 27.4 Å². The predicted molar refractivity (Wildman–Crippen MR) is 135 cm³/mol. The first-order chi connectivity index (χ1) is 16.8. The van der Waals surface area contributed by atoms with Crippen molar-refractivity contribution < 1.29 is 34.2 Å². The molecular formula is C23H35N5O7S. The summed E-state index contributed by atoms with van der Waals surface area (Å²) < 4.78 is 0. The van der Waals surface area contributed by atoms with Crippen molar-refractivity contribution in [3.63, 3.8) is 0 Å². The number of primary amides is 1. The number of thioether (sulfide) groups is 1. The number of aliphatic carboxylic acids is 1. The molecule has 0 fully saturated rings. The van der Waals surface area contributed by atoms with Crippen molar-refractivity contribution in [2.75, 3.05) is 12.0 Å². The van der Waals surface area contributed by atoms with Crippen molar-refractivity contribution in [3.05, 3.63) is 29.8 Å². The molecule has 0 saturated carbocycles. The zero-order valence-corrected chi connectivity index (χ0v) is 21.3. The molecule has 0 aromatic heterocycles. The Kier molecular flexibility index (Phi) is 12.7. The van der Waals surface area contributed by atoms with Gasteiger partial charge in [0.05, 0.1) is 12.5 Å². The molecule has 36 heavy (non-hydrogen) atoms. The van der Waals surface area contributed by atoms with E-state index in [4.69, 9.17) is 11.5 Å². The molecule has 1 rings (SSSR count). The highest BCUT2D eigenvalue weighted by molar-refractivity contribution is 7.98. The number of nitrogens with two attached hydrogens (primary N) is 2. The van der Waals surface area contributed by atoms with Crippen LogP contribution in [-0.4, -0.2) is 76.0 Å². The molecule has 0 radical (unpaired) electrons. The number of phenols is 1. The van der Waals surface area contributed by atoms with E-state index in [-0.39, 0.29) is 24.5 Å². The highest BCUT2D eigenvalue weighted by Gasteiger charge is 2.31. The van der Waals surface area contributed by atoms with Crippen molar-refractivity contribution in [1.82, 2.24) is 16.0 Å². The highest BCUT2D eigenvalue weighted by Crippen LogP contribution is 2.12. The van der Waals surface area contributed by atoms with Crippen LogP contribution in [0.4, 0.5) is 0 Å². The summed E-state index contributed by atoms with van der Waals surface area (Å²) in [6.07, 6.45) is 1.31. The van der Waals surface area contributed by atoms with Gasteiger partial charge in [-0.1, -0.05) is 26.0 Å². The second-order valence-corrected chi connectivity index (χ2v) is 9.60. The number of benzene rings is 1. The van der Waals surface area contributed by atoms with Gasteiger partial charge in [0.25, 0.3) is 0 Å². The fraction of sp³-hybridized carbons (Fsp3) is 0.522. The van der Waals surface area contributed by atoms with Gasteiger partial charge in [-0.05, 0) is 42.0 Å². The molecule has 12 nitrogen and oxygen atoms in total. The standard InChI is InChI=1S/C23H35N5O7S/c1-12(2)19(25)22(33)28-16(10-13-4-6-14(29)7-5-13)20(31)27-17(11-18(24)30)21(32)26-15(23(34)35)8-9-36-3/h4-7,12,15-17,19,29H,8-11,25H2,1-3H3,(H2,24,30)(H,26,32)(H,27,31)(H,28,33)(H,34,35). The van der Waals surface area contributed by atoms with Crippen LogP contribution in [0.5, 0.6) is 5.75 Å². The summed E-state index contributed by atoms with van der Waals surface area (Å²) in [5, 5.41) is 26.2. The molecule has 0 bridgehead atoms. The minimum absolute atomic E-state index is 0.0123. The molecule has 0 spiro atoms. The smallest absolute Gasteiger partial charge is 0.326 e. The predicted octanol–water partition coefficient (Wildman–Crippen LogP) is -0.914. The summed E-state index contributed by atoms with van der Waals surface area (Å²) in [7, 11) is 0. The lowest BCUT2D eigenvalue weighted by atomic mass is 10.0. The van der Waals surface area contributed by atoms with Gasteiger partial charge in [-0.2, -0.15) is 11.8 Å². The first-order valence-electron chi connectivity index (χ1n) is 11.3. The Hall–Kier alpha value is -3.32. The molecule has 0 saturated heterocycles. The lowest BCUT2D eigenvalue weighted by Crippen LogP contribution is -2.58. The number of carbonyl (C=O) groups excluding carboxylic acids is 4. The number of nitrogens with one attached hydrogen (secondary N) is 3. The van der Waals surface area contributed by atoms with Gasteiger partial charge in [0.1, 0.15) is 23.9 Å². The lowest BCUT2D eigenvalue weighted by molar-refractivity contribution is -0.142. The van der Waals surface area contributed by atoms with Gasteiger partial charge in [-0.25, -0.2) is 4.79 Å². The third-order valence-corrected chi connectivity index (χ3v) is 5.94.